The summed E-state index contributed by atoms with van der Waals surface area (Å²) in [4.78, 5) is 0. The van der Waals surface area contributed by atoms with Gasteiger partial charge in [0.1, 0.15) is 11.5 Å². The fraction of sp³-hybridized carbons (Fsp3) is 0.467. The summed E-state index contributed by atoms with van der Waals surface area (Å²) in [6, 6.07) is 8.11. The Hall–Kier alpha value is -2.48. The molecule has 0 radical (unpaired) electrons. The van der Waals surface area contributed by atoms with Crippen molar-refractivity contribution in [1.29, 1.82) is 0 Å². The van der Waals surface area contributed by atoms with Gasteiger partial charge in [-0.05, 0) is 137 Å². The van der Waals surface area contributed by atoms with Crippen molar-refractivity contribution in [3.8, 4) is 22.6 Å². The first-order chi connectivity index (χ1) is 15.0. The van der Waals surface area contributed by atoms with Crippen LogP contribution in [0.25, 0.3) is 11.1 Å². The van der Waals surface area contributed by atoms with Crippen LogP contribution >= 0.6 is 0 Å². The SMILES string of the molecule is CC(C)=CCC[C@H](C)c1cc(-c2cc([C@@H](C)CCC=C(C)C)c(O)cc2C)c(C)cc1O. The molecule has 2 N–H and O–H groups in total. The molecule has 2 nitrogen and oxygen atoms in total. The summed E-state index contributed by atoms with van der Waals surface area (Å²) in [6.45, 7) is 17.0. The molecule has 2 aromatic rings. The van der Waals surface area contributed by atoms with Gasteiger partial charge in [-0.2, -0.15) is 0 Å². The van der Waals surface area contributed by atoms with Crippen LogP contribution in [0.5, 0.6) is 11.5 Å². The molecule has 0 heterocycles. The number of phenols is 2. The van der Waals surface area contributed by atoms with Crippen molar-refractivity contribution in [2.75, 3.05) is 0 Å². The molecule has 0 aliphatic carbocycles. The smallest absolute Gasteiger partial charge is 0.119 e. The maximum absolute atomic E-state index is 10.7. The second-order valence-corrected chi connectivity index (χ2v) is 9.97. The number of hydrogen-bond donors (Lipinski definition) is 2. The first kappa shape index (κ1) is 25.8. The van der Waals surface area contributed by atoms with Crippen LogP contribution in [-0.2, 0) is 0 Å². The highest BCUT2D eigenvalue weighted by molar-refractivity contribution is 5.74. The summed E-state index contributed by atoms with van der Waals surface area (Å²) >= 11 is 0. The maximum Gasteiger partial charge on any atom is 0.119 e. The Morgan fingerprint density at radius 1 is 0.688 bits per heavy atom. The van der Waals surface area contributed by atoms with Crippen LogP contribution in [-0.4, -0.2) is 10.2 Å². The number of hydrogen-bond acceptors (Lipinski definition) is 2. The third-order valence-electron chi connectivity index (χ3n) is 6.40. The molecule has 0 amide bonds. The Morgan fingerprint density at radius 2 is 1.03 bits per heavy atom. The van der Waals surface area contributed by atoms with Gasteiger partial charge in [-0.15, -0.1) is 0 Å². The van der Waals surface area contributed by atoms with Gasteiger partial charge in [0.25, 0.3) is 0 Å². The first-order valence-corrected chi connectivity index (χ1v) is 11.9. The minimum Gasteiger partial charge on any atom is -0.508 e. The second kappa shape index (κ2) is 11.4. The normalized spacial score (nSPS) is 12.9. The topological polar surface area (TPSA) is 40.5 Å². The van der Waals surface area contributed by atoms with E-state index in [1.54, 1.807) is 0 Å². The van der Waals surface area contributed by atoms with E-state index in [2.05, 4.69) is 79.7 Å². The molecular formula is C30H42O2. The zero-order valence-electron chi connectivity index (χ0n) is 21.3. The molecule has 2 heteroatoms. The number of allylic oxidation sites excluding steroid dienone is 4. The predicted octanol–water partition coefficient (Wildman–Crippen LogP) is 9.08. The number of benzene rings is 2. The van der Waals surface area contributed by atoms with Gasteiger partial charge in [-0.1, -0.05) is 37.1 Å². The lowest BCUT2D eigenvalue weighted by atomic mass is 9.86. The molecule has 0 aromatic heterocycles. The maximum atomic E-state index is 10.7. The van der Waals surface area contributed by atoms with Crippen molar-refractivity contribution < 1.29 is 10.2 Å². The lowest BCUT2D eigenvalue weighted by molar-refractivity contribution is 0.459. The highest BCUT2D eigenvalue weighted by Crippen LogP contribution is 2.40. The Kier molecular flexibility index (Phi) is 9.19. The van der Waals surface area contributed by atoms with Gasteiger partial charge in [0.15, 0.2) is 0 Å². The van der Waals surface area contributed by atoms with E-state index in [4.69, 9.17) is 0 Å². The van der Waals surface area contributed by atoms with E-state index in [1.165, 1.54) is 11.1 Å². The average molecular weight is 435 g/mol. The van der Waals surface area contributed by atoms with Crippen molar-refractivity contribution in [3.63, 3.8) is 0 Å². The first-order valence-electron chi connectivity index (χ1n) is 11.9. The van der Waals surface area contributed by atoms with Crippen LogP contribution in [0, 0.1) is 13.8 Å². The van der Waals surface area contributed by atoms with Crippen molar-refractivity contribution in [2.24, 2.45) is 0 Å². The molecule has 0 aliphatic heterocycles. The number of phenolic OH excluding ortho intramolecular Hbond substituents is 2. The predicted molar refractivity (Wildman–Crippen MR) is 139 cm³/mol. The van der Waals surface area contributed by atoms with Crippen LogP contribution < -0.4 is 0 Å². The van der Waals surface area contributed by atoms with Crippen molar-refractivity contribution in [3.05, 3.63) is 69.8 Å². The van der Waals surface area contributed by atoms with Crippen LogP contribution in [0.3, 0.4) is 0 Å². The fourth-order valence-corrected chi connectivity index (χ4v) is 4.34. The van der Waals surface area contributed by atoms with Crippen molar-refractivity contribution in [2.45, 2.75) is 92.9 Å². The zero-order chi connectivity index (χ0) is 24.0. The molecular weight excluding hydrogens is 392 g/mol. The van der Waals surface area contributed by atoms with Gasteiger partial charge in [0.2, 0.25) is 0 Å². The number of rotatable bonds is 9. The lowest BCUT2D eigenvalue weighted by Crippen LogP contribution is -1.99. The van der Waals surface area contributed by atoms with E-state index < -0.39 is 0 Å². The van der Waals surface area contributed by atoms with E-state index in [-0.39, 0.29) is 11.8 Å². The molecule has 0 unspecified atom stereocenters. The lowest BCUT2D eigenvalue weighted by Gasteiger charge is -2.20. The van der Waals surface area contributed by atoms with E-state index in [1.807, 2.05) is 12.1 Å². The summed E-state index contributed by atoms with van der Waals surface area (Å²) in [5.74, 6) is 1.29. The van der Waals surface area contributed by atoms with Gasteiger partial charge in [0.05, 0.1) is 0 Å². The number of aromatic hydroxyl groups is 2. The minimum absolute atomic E-state index is 0.268. The Balaban J connectivity index is 2.43. The molecule has 2 atom stereocenters. The van der Waals surface area contributed by atoms with Crippen molar-refractivity contribution >= 4 is 0 Å². The van der Waals surface area contributed by atoms with E-state index in [9.17, 15) is 10.2 Å². The Morgan fingerprint density at radius 3 is 1.34 bits per heavy atom. The molecule has 0 saturated heterocycles. The van der Waals surface area contributed by atoms with Crippen LogP contribution in [0.4, 0.5) is 0 Å². The Labute approximate surface area is 195 Å². The van der Waals surface area contributed by atoms with Crippen LogP contribution in [0.2, 0.25) is 0 Å². The van der Waals surface area contributed by atoms with Gasteiger partial charge < -0.3 is 10.2 Å². The summed E-state index contributed by atoms with van der Waals surface area (Å²) < 4.78 is 0. The average Bonchev–Trinajstić information content (AvgIpc) is 2.68. The summed E-state index contributed by atoms with van der Waals surface area (Å²) in [5.41, 5.74) is 9.05. The second-order valence-electron chi connectivity index (χ2n) is 9.97. The van der Waals surface area contributed by atoms with E-state index >= 15 is 0 Å². The van der Waals surface area contributed by atoms with Gasteiger partial charge in [0, 0.05) is 0 Å². The quantitative estimate of drug-likeness (QED) is 0.386. The standard InChI is InChI=1S/C30H42O2/c1-19(2)11-9-13-21(5)27-17-25(23(7)15-29(27)31)26-18-28(30(32)16-24(26)8)22(6)14-10-12-20(3)4/h11-12,15-18,21-22,31-32H,9-10,13-14H2,1-8H3/t21-,22-/m0/s1. The van der Waals surface area contributed by atoms with Crippen LogP contribution in [0.15, 0.2) is 47.6 Å². The molecule has 0 fully saturated rings. The van der Waals surface area contributed by atoms with Crippen LogP contribution in [0.1, 0.15) is 101 Å². The monoisotopic (exact) mass is 434 g/mol. The van der Waals surface area contributed by atoms with E-state index in [0.29, 0.717) is 11.5 Å². The minimum atomic E-state index is 0.268. The molecule has 2 aromatic carbocycles. The van der Waals surface area contributed by atoms with Gasteiger partial charge in [-0.3, -0.25) is 0 Å². The third kappa shape index (κ3) is 6.76. The molecule has 32 heavy (non-hydrogen) atoms. The van der Waals surface area contributed by atoms with Crippen molar-refractivity contribution in [1.82, 2.24) is 0 Å². The summed E-state index contributed by atoms with van der Waals surface area (Å²) in [6.07, 6.45) is 8.55. The zero-order valence-corrected chi connectivity index (χ0v) is 21.3. The van der Waals surface area contributed by atoms with E-state index in [0.717, 1.165) is 59.1 Å². The molecule has 0 aliphatic rings. The molecule has 174 valence electrons. The Bertz CT molecular complexity index is 905. The highest BCUT2D eigenvalue weighted by atomic mass is 16.3. The molecule has 0 spiro atoms. The van der Waals surface area contributed by atoms with Gasteiger partial charge >= 0.3 is 0 Å². The largest absolute Gasteiger partial charge is 0.508 e. The number of aryl methyl sites for hydroxylation is 2. The summed E-state index contributed by atoms with van der Waals surface area (Å²) in [7, 11) is 0. The van der Waals surface area contributed by atoms with Gasteiger partial charge in [-0.25, -0.2) is 0 Å². The molecule has 2 rings (SSSR count). The molecule has 0 bridgehead atoms. The highest BCUT2D eigenvalue weighted by Gasteiger charge is 2.18. The molecule has 0 saturated carbocycles. The fourth-order valence-electron chi connectivity index (χ4n) is 4.34. The third-order valence-corrected chi connectivity index (χ3v) is 6.40. The summed E-state index contributed by atoms with van der Waals surface area (Å²) in [5, 5.41) is 21.4.